The van der Waals surface area contributed by atoms with Crippen LogP contribution in [0.25, 0.3) is 0 Å². The number of urea groups is 1. The summed E-state index contributed by atoms with van der Waals surface area (Å²) in [7, 11) is 0. The Kier molecular flexibility index (Phi) is 3.12. The number of amides is 3. The molecule has 2 heterocycles. The number of ether oxygens (including phenoxy) is 1. The molecule has 1 aromatic carbocycles. The van der Waals surface area contributed by atoms with E-state index in [4.69, 9.17) is 10.00 Å². The summed E-state index contributed by atoms with van der Waals surface area (Å²) in [4.78, 5) is 27.5. The summed E-state index contributed by atoms with van der Waals surface area (Å²) < 4.78 is 5.31. The van der Waals surface area contributed by atoms with Gasteiger partial charge in [0.25, 0.3) is 0 Å². The van der Waals surface area contributed by atoms with E-state index in [1.54, 1.807) is 29.2 Å². The standard InChI is InChI=1S/C14H13N3O3/c15-8-10-1-3-11(4-2-10)17-13(18)7-12-9-20-6-5-16(12)14(17)19/h1-4,12H,5-7,9H2. The minimum absolute atomic E-state index is 0.154. The molecule has 0 spiro atoms. The zero-order valence-corrected chi connectivity index (χ0v) is 10.8. The van der Waals surface area contributed by atoms with Crippen molar-refractivity contribution in [2.75, 3.05) is 24.7 Å². The molecule has 0 radical (unpaired) electrons. The van der Waals surface area contributed by atoms with Gasteiger partial charge in [0.05, 0.1) is 43.0 Å². The molecule has 20 heavy (non-hydrogen) atoms. The van der Waals surface area contributed by atoms with Crippen LogP contribution in [0.5, 0.6) is 0 Å². The number of anilines is 1. The minimum atomic E-state index is -0.306. The first kappa shape index (κ1) is 12.6. The quantitative estimate of drug-likeness (QED) is 0.767. The van der Waals surface area contributed by atoms with Gasteiger partial charge >= 0.3 is 6.03 Å². The van der Waals surface area contributed by atoms with Crippen LogP contribution in [0.15, 0.2) is 24.3 Å². The Morgan fingerprint density at radius 2 is 2.00 bits per heavy atom. The van der Waals surface area contributed by atoms with Crippen LogP contribution in [0.4, 0.5) is 10.5 Å². The molecule has 6 nitrogen and oxygen atoms in total. The maximum absolute atomic E-state index is 12.4. The topological polar surface area (TPSA) is 73.6 Å². The van der Waals surface area contributed by atoms with E-state index >= 15 is 0 Å². The van der Waals surface area contributed by atoms with Crippen LogP contribution in [0, 0.1) is 11.3 Å². The molecule has 3 rings (SSSR count). The van der Waals surface area contributed by atoms with Crippen LogP contribution in [0.2, 0.25) is 0 Å². The summed E-state index contributed by atoms with van der Waals surface area (Å²) in [5.41, 5.74) is 0.999. The highest BCUT2D eigenvalue weighted by Crippen LogP contribution is 2.26. The van der Waals surface area contributed by atoms with Gasteiger partial charge in [-0.1, -0.05) is 0 Å². The summed E-state index contributed by atoms with van der Waals surface area (Å²) in [6, 6.07) is 7.99. The predicted molar refractivity (Wildman–Crippen MR) is 70.0 cm³/mol. The number of hydrogen-bond donors (Lipinski definition) is 0. The van der Waals surface area contributed by atoms with E-state index in [-0.39, 0.29) is 24.4 Å². The Morgan fingerprint density at radius 1 is 1.25 bits per heavy atom. The summed E-state index contributed by atoms with van der Waals surface area (Å²) in [5.74, 6) is -0.230. The van der Waals surface area contributed by atoms with Gasteiger partial charge in [-0.2, -0.15) is 5.26 Å². The van der Waals surface area contributed by atoms with Crippen molar-refractivity contribution in [2.24, 2.45) is 0 Å². The zero-order chi connectivity index (χ0) is 14.1. The number of imide groups is 1. The van der Waals surface area contributed by atoms with Crippen molar-refractivity contribution in [2.45, 2.75) is 12.5 Å². The third kappa shape index (κ3) is 2.02. The SMILES string of the molecule is N#Cc1ccc(N2C(=O)CC3COCCN3C2=O)cc1. The van der Waals surface area contributed by atoms with E-state index in [1.807, 2.05) is 6.07 Å². The van der Waals surface area contributed by atoms with Gasteiger partial charge < -0.3 is 9.64 Å². The molecule has 1 unspecified atom stereocenters. The lowest BCUT2D eigenvalue weighted by Gasteiger charge is -2.42. The van der Waals surface area contributed by atoms with E-state index in [2.05, 4.69) is 0 Å². The van der Waals surface area contributed by atoms with Gasteiger partial charge in [-0.05, 0) is 24.3 Å². The smallest absolute Gasteiger partial charge is 0.331 e. The highest BCUT2D eigenvalue weighted by atomic mass is 16.5. The molecule has 2 aliphatic heterocycles. The second-order valence-electron chi connectivity index (χ2n) is 4.80. The molecule has 2 aliphatic rings. The first-order chi connectivity index (χ1) is 9.70. The number of carbonyl (C=O) groups is 2. The Morgan fingerprint density at radius 3 is 2.70 bits per heavy atom. The lowest BCUT2D eigenvalue weighted by molar-refractivity contribution is -0.122. The third-order valence-corrected chi connectivity index (χ3v) is 3.58. The number of carbonyl (C=O) groups excluding carboxylic acids is 2. The fraction of sp³-hybridized carbons (Fsp3) is 0.357. The van der Waals surface area contributed by atoms with E-state index in [0.717, 1.165) is 0 Å². The van der Waals surface area contributed by atoms with Crippen molar-refractivity contribution in [1.29, 1.82) is 5.26 Å². The van der Waals surface area contributed by atoms with Crippen LogP contribution in [0.1, 0.15) is 12.0 Å². The monoisotopic (exact) mass is 271 g/mol. The van der Waals surface area contributed by atoms with Crippen molar-refractivity contribution in [3.8, 4) is 6.07 Å². The average Bonchev–Trinajstić information content (AvgIpc) is 2.48. The minimum Gasteiger partial charge on any atom is -0.377 e. The zero-order valence-electron chi connectivity index (χ0n) is 10.8. The molecule has 6 heteroatoms. The molecule has 1 atom stereocenters. The van der Waals surface area contributed by atoms with E-state index in [0.29, 0.717) is 31.0 Å². The van der Waals surface area contributed by atoms with E-state index < -0.39 is 0 Å². The van der Waals surface area contributed by atoms with Gasteiger partial charge in [0, 0.05) is 6.54 Å². The molecular weight excluding hydrogens is 258 g/mol. The Balaban J connectivity index is 1.90. The van der Waals surface area contributed by atoms with Gasteiger partial charge in [-0.25, -0.2) is 9.69 Å². The molecule has 2 fully saturated rings. The van der Waals surface area contributed by atoms with Crippen molar-refractivity contribution in [3.05, 3.63) is 29.8 Å². The van der Waals surface area contributed by atoms with Crippen LogP contribution in [-0.4, -0.2) is 42.6 Å². The number of fused-ring (bicyclic) bond motifs is 1. The maximum Gasteiger partial charge on any atom is 0.331 e. The number of nitrogens with zero attached hydrogens (tertiary/aromatic N) is 3. The fourth-order valence-corrected chi connectivity index (χ4v) is 2.54. The van der Waals surface area contributed by atoms with Crippen LogP contribution < -0.4 is 4.90 Å². The number of benzene rings is 1. The highest BCUT2D eigenvalue weighted by molar-refractivity contribution is 6.16. The van der Waals surface area contributed by atoms with Crippen LogP contribution >= 0.6 is 0 Å². The number of morpholine rings is 1. The molecule has 102 valence electrons. The molecule has 0 aliphatic carbocycles. The number of hydrogen-bond acceptors (Lipinski definition) is 4. The molecule has 0 aromatic heterocycles. The second-order valence-corrected chi connectivity index (χ2v) is 4.80. The summed E-state index contributed by atoms with van der Waals surface area (Å²) in [5, 5.41) is 8.78. The summed E-state index contributed by atoms with van der Waals surface area (Å²) in [6.07, 6.45) is 0.270. The molecular formula is C14H13N3O3. The Labute approximate surface area is 116 Å². The lowest BCUT2D eigenvalue weighted by atomic mass is 10.1. The molecule has 0 N–H and O–H groups in total. The first-order valence-electron chi connectivity index (χ1n) is 6.42. The number of nitriles is 1. The largest absolute Gasteiger partial charge is 0.377 e. The van der Waals surface area contributed by atoms with Crippen molar-refractivity contribution >= 4 is 17.6 Å². The molecule has 0 bridgehead atoms. The van der Waals surface area contributed by atoms with Crippen molar-refractivity contribution in [3.63, 3.8) is 0 Å². The van der Waals surface area contributed by atoms with Crippen LogP contribution in [0.3, 0.4) is 0 Å². The predicted octanol–water partition coefficient (Wildman–Crippen LogP) is 1.12. The number of rotatable bonds is 1. The van der Waals surface area contributed by atoms with Crippen molar-refractivity contribution in [1.82, 2.24) is 4.90 Å². The van der Waals surface area contributed by atoms with Gasteiger partial charge in [-0.15, -0.1) is 0 Å². The average molecular weight is 271 g/mol. The fourth-order valence-electron chi connectivity index (χ4n) is 2.54. The Bertz CT molecular complexity index is 591. The normalized spacial score (nSPS) is 22.4. The van der Waals surface area contributed by atoms with Gasteiger partial charge in [0.2, 0.25) is 5.91 Å². The maximum atomic E-state index is 12.4. The summed E-state index contributed by atoms with van der Waals surface area (Å²) in [6.45, 7) is 1.42. The molecule has 2 saturated heterocycles. The molecule has 3 amide bonds. The second kappa shape index (κ2) is 4.94. The lowest BCUT2D eigenvalue weighted by Crippen LogP contribution is -2.61. The van der Waals surface area contributed by atoms with Gasteiger partial charge in [0.15, 0.2) is 0 Å². The third-order valence-electron chi connectivity index (χ3n) is 3.58. The Hall–Kier alpha value is -2.39. The first-order valence-corrected chi connectivity index (χ1v) is 6.42. The van der Waals surface area contributed by atoms with Crippen LogP contribution in [-0.2, 0) is 9.53 Å². The molecule has 1 aromatic rings. The highest BCUT2D eigenvalue weighted by Gasteiger charge is 2.40. The molecule has 0 saturated carbocycles. The van der Waals surface area contributed by atoms with Gasteiger partial charge in [0.1, 0.15) is 0 Å². The van der Waals surface area contributed by atoms with Crippen molar-refractivity contribution < 1.29 is 14.3 Å². The van der Waals surface area contributed by atoms with Gasteiger partial charge in [-0.3, -0.25) is 4.79 Å². The van der Waals surface area contributed by atoms with E-state index in [1.165, 1.54) is 4.90 Å². The van der Waals surface area contributed by atoms with E-state index in [9.17, 15) is 9.59 Å². The summed E-state index contributed by atoms with van der Waals surface area (Å²) >= 11 is 0.